The summed E-state index contributed by atoms with van der Waals surface area (Å²) in [6.07, 6.45) is 2.93. The largest absolute Gasteiger partial charge is 0.444 e. The molecule has 3 rings (SSSR count). The van der Waals surface area contributed by atoms with Crippen LogP contribution in [0.4, 0.5) is 4.79 Å². The molecule has 1 N–H and O–H groups in total. The molecule has 1 aromatic heterocycles. The summed E-state index contributed by atoms with van der Waals surface area (Å²) in [5.41, 5.74) is -0.582. The van der Waals surface area contributed by atoms with Gasteiger partial charge < -0.3 is 15.0 Å². The molecule has 7 nitrogen and oxygen atoms in total. The van der Waals surface area contributed by atoms with Gasteiger partial charge in [-0.25, -0.2) is 4.79 Å². The van der Waals surface area contributed by atoms with Gasteiger partial charge in [0.15, 0.2) is 0 Å². The zero-order valence-corrected chi connectivity index (χ0v) is 18.3. The van der Waals surface area contributed by atoms with Crippen LogP contribution in [0.15, 0.2) is 17.5 Å². The smallest absolute Gasteiger partial charge is 0.410 e. The zero-order chi connectivity index (χ0) is 21.0. The maximum absolute atomic E-state index is 12.7. The maximum Gasteiger partial charge on any atom is 0.410 e. The van der Waals surface area contributed by atoms with Crippen LogP contribution in [0.25, 0.3) is 0 Å². The van der Waals surface area contributed by atoms with Crippen LogP contribution in [0.2, 0.25) is 0 Å². The standard InChI is InChI=1S/C21H31N3O4S/c1-21(2,3)28-20(27)24-11-5-8-16(24)18(25)22-13-15-7-4-10-23(14-15)19(26)17-9-6-12-29-17/h6,9,12,15-16H,4-5,7-8,10-11,13-14H2,1-3H3,(H,22,25)/t15-,16-/m1/s1. The normalized spacial score (nSPS) is 22.4. The highest BCUT2D eigenvalue weighted by Crippen LogP contribution is 2.22. The highest BCUT2D eigenvalue weighted by molar-refractivity contribution is 7.12. The fraction of sp³-hybridized carbons (Fsp3) is 0.667. The van der Waals surface area contributed by atoms with Crippen LogP contribution < -0.4 is 5.32 Å². The van der Waals surface area contributed by atoms with E-state index in [9.17, 15) is 14.4 Å². The molecule has 3 amide bonds. The Morgan fingerprint density at radius 1 is 1.21 bits per heavy atom. The molecule has 1 aromatic rings. The third-order valence-corrected chi connectivity index (χ3v) is 6.14. The Morgan fingerprint density at radius 3 is 2.66 bits per heavy atom. The molecule has 29 heavy (non-hydrogen) atoms. The molecule has 0 radical (unpaired) electrons. The molecule has 3 heterocycles. The van der Waals surface area contributed by atoms with Gasteiger partial charge in [0.25, 0.3) is 5.91 Å². The molecule has 2 aliphatic rings. The van der Waals surface area contributed by atoms with Crippen LogP contribution in [0, 0.1) is 5.92 Å². The molecule has 0 aromatic carbocycles. The monoisotopic (exact) mass is 421 g/mol. The maximum atomic E-state index is 12.7. The molecule has 2 saturated heterocycles. The Kier molecular flexibility index (Phi) is 6.82. The van der Waals surface area contributed by atoms with Gasteiger partial charge in [-0.2, -0.15) is 0 Å². The topological polar surface area (TPSA) is 79.0 Å². The van der Waals surface area contributed by atoms with Crippen LogP contribution in [0.3, 0.4) is 0 Å². The van der Waals surface area contributed by atoms with Crippen LogP contribution in [-0.4, -0.2) is 65.5 Å². The molecule has 2 atom stereocenters. The van der Waals surface area contributed by atoms with Crippen molar-refractivity contribution in [1.29, 1.82) is 0 Å². The first-order valence-electron chi connectivity index (χ1n) is 10.3. The lowest BCUT2D eigenvalue weighted by molar-refractivity contribution is -0.125. The van der Waals surface area contributed by atoms with Crippen LogP contribution in [-0.2, 0) is 9.53 Å². The molecule has 160 valence electrons. The number of nitrogens with zero attached hydrogens (tertiary/aromatic N) is 2. The van der Waals surface area contributed by atoms with E-state index in [1.54, 1.807) is 0 Å². The quantitative estimate of drug-likeness (QED) is 0.810. The minimum absolute atomic E-state index is 0.0721. The van der Waals surface area contributed by atoms with Gasteiger partial charge in [-0.05, 0) is 63.8 Å². The van der Waals surface area contributed by atoms with Gasteiger partial charge >= 0.3 is 6.09 Å². The first-order chi connectivity index (χ1) is 13.7. The third kappa shape index (κ3) is 5.72. The van der Waals surface area contributed by atoms with Gasteiger partial charge in [0.05, 0.1) is 4.88 Å². The lowest BCUT2D eigenvalue weighted by Gasteiger charge is -2.33. The van der Waals surface area contributed by atoms with E-state index in [1.165, 1.54) is 16.2 Å². The fourth-order valence-corrected chi connectivity index (χ4v) is 4.60. The number of carbonyl (C=O) groups excluding carboxylic acids is 3. The molecule has 0 spiro atoms. The molecule has 0 bridgehead atoms. The minimum atomic E-state index is -0.582. The predicted molar refractivity (Wildman–Crippen MR) is 112 cm³/mol. The third-order valence-electron chi connectivity index (χ3n) is 5.29. The van der Waals surface area contributed by atoms with Crippen molar-refractivity contribution in [2.75, 3.05) is 26.2 Å². The van der Waals surface area contributed by atoms with Crippen molar-refractivity contribution in [2.45, 2.75) is 58.1 Å². The van der Waals surface area contributed by atoms with Crippen molar-refractivity contribution >= 4 is 29.2 Å². The van der Waals surface area contributed by atoms with Crippen molar-refractivity contribution in [2.24, 2.45) is 5.92 Å². The average molecular weight is 422 g/mol. The van der Waals surface area contributed by atoms with Crippen LogP contribution in [0.1, 0.15) is 56.1 Å². The predicted octanol–water partition coefficient (Wildman–Crippen LogP) is 3.12. The zero-order valence-electron chi connectivity index (χ0n) is 17.5. The van der Waals surface area contributed by atoms with Gasteiger partial charge in [0.2, 0.25) is 5.91 Å². The molecule has 0 aliphatic carbocycles. The number of carbonyl (C=O) groups is 3. The summed E-state index contributed by atoms with van der Waals surface area (Å²) in [5.74, 6) is 0.172. The SMILES string of the molecule is CC(C)(C)OC(=O)N1CCC[C@@H]1C(=O)NC[C@H]1CCCN(C(=O)c2cccs2)C1. The number of thiophene rings is 1. The number of hydrogen-bond donors (Lipinski definition) is 1. The second-order valence-electron chi connectivity index (χ2n) is 8.81. The average Bonchev–Trinajstić information content (AvgIpc) is 3.36. The number of hydrogen-bond acceptors (Lipinski definition) is 5. The number of rotatable bonds is 4. The van der Waals surface area contributed by atoms with Crippen LogP contribution in [0.5, 0.6) is 0 Å². The Hall–Kier alpha value is -2.09. The summed E-state index contributed by atoms with van der Waals surface area (Å²) in [5, 5.41) is 4.92. The minimum Gasteiger partial charge on any atom is -0.444 e. The van der Waals surface area contributed by atoms with Gasteiger partial charge in [-0.1, -0.05) is 6.07 Å². The van der Waals surface area contributed by atoms with Gasteiger partial charge in [0, 0.05) is 26.2 Å². The van der Waals surface area contributed by atoms with Crippen molar-refractivity contribution in [1.82, 2.24) is 15.1 Å². The summed E-state index contributed by atoms with van der Waals surface area (Å²) >= 11 is 1.46. The van der Waals surface area contributed by atoms with E-state index in [0.29, 0.717) is 26.1 Å². The number of piperidine rings is 1. The summed E-state index contributed by atoms with van der Waals surface area (Å²) in [7, 11) is 0. The molecule has 0 saturated carbocycles. The Morgan fingerprint density at radius 2 is 1.97 bits per heavy atom. The van der Waals surface area contributed by atoms with E-state index in [4.69, 9.17) is 4.74 Å². The van der Waals surface area contributed by atoms with E-state index in [2.05, 4.69) is 5.32 Å². The summed E-state index contributed by atoms with van der Waals surface area (Å²) in [6, 6.07) is 3.26. The van der Waals surface area contributed by atoms with Crippen molar-refractivity contribution in [3.05, 3.63) is 22.4 Å². The van der Waals surface area contributed by atoms with E-state index in [1.807, 2.05) is 43.2 Å². The van der Waals surface area contributed by atoms with Crippen molar-refractivity contribution in [3.8, 4) is 0 Å². The van der Waals surface area contributed by atoms with E-state index in [-0.39, 0.29) is 17.7 Å². The molecule has 0 unspecified atom stereocenters. The van der Waals surface area contributed by atoms with E-state index in [0.717, 1.165) is 30.7 Å². The summed E-state index contributed by atoms with van der Waals surface area (Å²) in [6.45, 7) is 7.94. The summed E-state index contributed by atoms with van der Waals surface area (Å²) < 4.78 is 5.44. The van der Waals surface area contributed by atoms with Gasteiger partial charge in [-0.15, -0.1) is 11.3 Å². The second kappa shape index (κ2) is 9.15. The molecular formula is C21H31N3O4S. The number of amides is 3. The highest BCUT2D eigenvalue weighted by Gasteiger charge is 2.37. The Balaban J connectivity index is 1.50. The molecular weight excluding hydrogens is 390 g/mol. The number of nitrogens with one attached hydrogen (secondary N) is 1. The van der Waals surface area contributed by atoms with Crippen LogP contribution >= 0.6 is 11.3 Å². The highest BCUT2D eigenvalue weighted by atomic mass is 32.1. The lowest BCUT2D eigenvalue weighted by atomic mass is 9.97. The number of likely N-dealkylation sites (tertiary alicyclic amines) is 2. The van der Waals surface area contributed by atoms with Crippen molar-refractivity contribution < 1.29 is 19.1 Å². The first-order valence-corrected chi connectivity index (χ1v) is 11.2. The summed E-state index contributed by atoms with van der Waals surface area (Å²) in [4.78, 5) is 41.9. The Bertz CT molecular complexity index is 729. The van der Waals surface area contributed by atoms with Gasteiger partial charge in [0.1, 0.15) is 11.6 Å². The molecule has 2 fully saturated rings. The fourth-order valence-electron chi connectivity index (χ4n) is 3.91. The van der Waals surface area contributed by atoms with Crippen molar-refractivity contribution in [3.63, 3.8) is 0 Å². The van der Waals surface area contributed by atoms with Gasteiger partial charge in [-0.3, -0.25) is 14.5 Å². The second-order valence-corrected chi connectivity index (χ2v) is 9.76. The molecule has 8 heteroatoms. The Labute approximate surface area is 176 Å². The lowest BCUT2D eigenvalue weighted by Crippen LogP contribution is -2.49. The molecule has 2 aliphatic heterocycles. The number of ether oxygens (including phenoxy) is 1. The first kappa shape index (κ1) is 21.6. The van der Waals surface area contributed by atoms with E-state index < -0.39 is 17.7 Å². The van der Waals surface area contributed by atoms with E-state index >= 15 is 0 Å².